The lowest BCUT2D eigenvalue weighted by Crippen LogP contribution is -2.21. The van der Waals surface area contributed by atoms with E-state index in [0.717, 1.165) is 5.56 Å². The molecule has 2 rings (SSSR count). The third kappa shape index (κ3) is 5.30. The van der Waals surface area contributed by atoms with Crippen molar-refractivity contribution < 1.29 is 13.0 Å². The maximum atomic E-state index is 10.9. The molecule has 0 spiro atoms. The lowest BCUT2D eigenvalue weighted by Gasteiger charge is -2.08. The van der Waals surface area contributed by atoms with Gasteiger partial charge in [-0.05, 0) is 57.8 Å². The number of hydrogen-bond acceptors (Lipinski definition) is 3. The molecule has 0 unspecified atom stereocenters. The van der Waals surface area contributed by atoms with Crippen molar-refractivity contribution in [3.8, 4) is 0 Å². The van der Waals surface area contributed by atoms with Gasteiger partial charge in [-0.2, -0.15) is 8.42 Å². The van der Waals surface area contributed by atoms with Crippen molar-refractivity contribution in [2.75, 3.05) is 13.1 Å². The second kappa shape index (κ2) is 7.03. The Hall–Kier alpha value is -0.910. The average Bonchev–Trinajstić information content (AvgIpc) is 2.28. The fourth-order valence-corrected chi connectivity index (χ4v) is 3.31. The van der Waals surface area contributed by atoms with Crippen LogP contribution >= 0.6 is 0 Å². The third-order valence-corrected chi connectivity index (χ3v) is 4.23. The summed E-state index contributed by atoms with van der Waals surface area (Å²) in [5.74, 6) is 0. The fourth-order valence-electron chi connectivity index (χ4n) is 2.38. The molecule has 108 valence electrons. The van der Waals surface area contributed by atoms with Crippen LogP contribution in [0.5, 0.6) is 0 Å². The van der Waals surface area contributed by atoms with Crippen molar-refractivity contribution in [2.24, 2.45) is 0 Å². The highest BCUT2D eigenvalue weighted by molar-refractivity contribution is 7.86. The van der Waals surface area contributed by atoms with Gasteiger partial charge in [0, 0.05) is 0 Å². The number of nitrogens with one attached hydrogen (secondary N) is 1. The molecule has 5 heteroatoms. The summed E-state index contributed by atoms with van der Waals surface area (Å²) in [7, 11) is -4.08. The summed E-state index contributed by atoms with van der Waals surface area (Å²) >= 11 is 0. The second-order valence-electron chi connectivity index (χ2n) is 5.01. The summed E-state index contributed by atoms with van der Waals surface area (Å²) in [6, 6.07) is 3.46. The molecule has 0 bridgehead atoms. The van der Waals surface area contributed by atoms with Crippen LogP contribution in [0.25, 0.3) is 0 Å². The Morgan fingerprint density at radius 3 is 1.74 bits per heavy atom. The molecule has 1 aliphatic rings. The van der Waals surface area contributed by atoms with Gasteiger partial charge < -0.3 is 5.32 Å². The number of piperidine rings is 1. The van der Waals surface area contributed by atoms with E-state index in [1.54, 1.807) is 26.0 Å². The van der Waals surface area contributed by atoms with E-state index < -0.39 is 10.1 Å². The van der Waals surface area contributed by atoms with Crippen LogP contribution in [0.1, 0.15) is 36.0 Å². The molecular weight excluding hydrogens is 262 g/mol. The maximum absolute atomic E-state index is 10.9. The largest absolute Gasteiger partial charge is 0.317 e. The highest BCUT2D eigenvalue weighted by Gasteiger charge is 2.15. The zero-order valence-corrected chi connectivity index (χ0v) is 12.7. The Labute approximate surface area is 116 Å². The minimum absolute atomic E-state index is 0.0260. The summed E-state index contributed by atoms with van der Waals surface area (Å²) in [5.41, 5.74) is 2.16. The van der Waals surface area contributed by atoms with Gasteiger partial charge in [-0.1, -0.05) is 24.1 Å². The van der Waals surface area contributed by atoms with E-state index in [2.05, 4.69) is 5.32 Å². The first-order valence-corrected chi connectivity index (χ1v) is 8.02. The number of rotatable bonds is 1. The monoisotopic (exact) mass is 285 g/mol. The Morgan fingerprint density at radius 2 is 1.47 bits per heavy atom. The van der Waals surface area contributed by atoms with Gasteiger partial charge in [0.25, 0.3) is 10.1 Å². The van der Waals surface area contributed by atoms with Crippen LogP contribution in [-0.2, 0) is 10.1 Å². The van der Waals surface area contributed by atoms with Crippen molar-refractivity contribution in [1.82, 2.24) is 5.32 Å². The van der Waals surface area contributed by atoms with Gasteiger partial charge in [0.15, 0.2) is 0 Å². The smallest absolute Gasteiger partial charge is 0.295 e. The van der Waals surface area contributed by atoms with Gasteiger partial charge in [0.2, 0.25) is 0 Å². The first-order valence-electron chi connectivity index (χ1n) is 6.58. The Bertz CT molecular complexity index is 485. The molecule has 0 amide bonds. The molecule has 2 N–H and O–H groups in total. The maximum Gasteiger partial charge on any atom is 0.295 e. The lowest BCUT2D eigenvalue weighted by atomic mass is 10.1. The van der Waals surface area contributed by atoms with Gasteiger partial charge in [-0.25, -0.2) is 0 Å². The van der Waals surface area contributed by atoms with Crippen molar-refractivity contribution in [2.45, 2.75) is 44.9 Å². The highest BCUT2D eigenvalue weighted by Crippen LogP contribution is 2.20. The zero-order valence-electron chi connectivity index (χ0n) is 11.9. The summed E-state index contributed by atoms with van der Waals surface area (Å²) in [6.45, 7) is 7.72. The van der Waals surface area contributed by atoms with E-state index >= 15 is 0 Å². The molecule has 19 heavy (non-hydrogen) atoms. The molecule has 1 saturated heterocycles. The van der Waals surface area contributed by atoms with E-state index in [9.17, 15) is 8.42 Å². The zero-order chi connectivity index (χ0) is 14.5. The summed E-state index contributed by atoms with van der Waals surface area (Å²) < 4.78 is 30.8. The highest BCUT2D eigenvalue weighted by atomic mass is 32.2. The Balaban J connectivity index is 0.000000250. The fraction of sp³-hybridized carbons (Fsp3) is 0.571. The van der Waals surface area contributed by atoms with Crippen LogP contribution in [-0.4, -0.2) is 26.1 Å². The van der Waals surface area contributed by atoms with Crippen LogP contribution in [0, 0.1) is 20.8 Å². The average molecular weight is 285 g/mol. The first-order chi connectivity index (χ1) is 8.82. The van der Waals surface area contributed by atoms with Crippen LogP contribution in [0.4, 0.5) is 0 Å². The molecule has 0 saturated carbocycles. The minimum Gasteiger partial charge on any atom is -0.317 e. The van der Waals surface area contributed by atoms with Gasteiger partial charge in [0.05, 0.1) is 4.90 Å². The van der Waals surface area contributed by atoms with Crippen LogP contribution in [0.15, 0.2) is 17.0 Å². The van der Waals surface area contributed by atoms with Crippen molar-refractivity contribution in [3.63, 3.8) is 0 Å². The minimum atomic E-state index is -4.08. The van der Waals surface area contributed by atoms with Gasteiger partial charge >= 0.3 is 0 Å². The molecule has 4 nitrogen and oxygen atoms in total. The van der Waals surface area contributed by atoms with Gasteiger partial charge in [-0.3, -0.25) is 4.55 Å². The molecule has 0 aliphatic carbocycles. The molecule has 1 aromatic carbocycles. The molecule has 0 atom stereocenters. The summed E-state index contributed by atoms with van der Waals surface area (Å²) in [5, 5.41) is 3.28. The van der Waals surface area contributed by atoms with Crippen molar-refractivity contribution >= 4 is 10.1 Å². The predicted molar refractivity (Wildman–Crippen MR) is 77.2 cm³/mol. The summed E-state index contributed by atoms with van der Waals surface area (Å²) in [6.07, 6.45) is 4.22. The van der Waals surface area contributed by atoms with E-state index in [1.807, 2.05) is 6.92 Å². The van der Waals surface area contributed by atoms with Crippen LogP contribution in [0.2, 0.25) is 0 Å². The molecular formula is C14H23NO3S. The Kier molecular flexibility index (Phi) is 5.97. The van der Waals surface area contributed by atoms with E-state index in [4.69, 9.17) is 4.55 Å². The van der Waals surface area contributed by atoms with Crippen molar-refractivity contribution in [1.29, 1.82) is 0 Å². The molecule has 0 radical (unpaired) electrons. The molecule has 1 fully saturated rings. The molecule has 1 heterocycles. The first kappa shape index (κ1) is 16.1. The van der Waals surface area contributed by atoms with Crippen LogP contribution in [0.3, 0.4) is 0 Å². The van der Waals surface area contributed by atoms with Crippen LogP contribution < -0.4 is 5.32 Å². The quantitative estimate of drug-likeness (QED) is 0.778. The SMILES string of the molecule is C1CCNCC1.Cc1cc(C)c(S(=O)(=O)O)c(C)c1. The predicted octanol–water partition coefficient (Wildman–Crippen LogP) is 2.62. The molecule has 1 aromatic rings. The van der Waals surface area contributed by atoms with Crippen molar-refractivity contribution in [3.05, 3.63) is 28.8 Å². The van der Waals surface area contributed by atoms with E-state index in [0.29, 0.717) is 11.1 Å². The van der Waals surface area contributed by atoms with Gasteiger partial charge in [0.1, 0.15) is 0 Å². The van der Waals surface area contributed by atoms with E-state index in [1.165, 1.54) is 32.4 Å². The Morgan fingerprint density at radius 1 is 1.00 bits per heavy atom. The summed E-state index contributed by atoms with van der Waals surface area (Å²) in [4.78, 5) is 0.0260. The number of benzene rings is 1. The lowest BCUT2D eigenvalue weighted by molar-refractivity contribution is 0.482. The molecule has 0 aromatic heterocycles. The standard InChI is InChI=1S/C9H12O3S.C5H11N/c1-6-4-7(2)9(8(3)5-6)13(10,11)12;1-2-4-6-5-3-1/h4-5H,1-3H3,(H,10,11,12);6H,1-5H2. The topological polar surface area (TPSA) is 66.4 Å². The number of hydrogen-bond donors (Lipinski definition) is 2. The molecule has 1 aliphatic heterocycles. The second-order valence-corrected chi connectivity index (χ2v) is 6.37. The van der Waals surface area contributed by atoms with E-state index in [-0.39, 0.29) is 4.90 Å². The van der Waals surface area contributed by atoms with Gasteiger partial charge in [-0.15, -0.1) is 0 Å². The third-order valence-electron chi connectivity index (χ3n) is 3.07. The number of aryl methyl sites for hydroxylation is 3. The normalized spacial score (nSPS) is 15.6.